The summed E-state index contributed by atoms with van der Waals surface area (Å²) in [7, 11) is 0. The minimum Gasteiger partial charge on any atom is -0.463 e. The van der Waals surface area contributed by atoms with Crippen LogP contribution in [-0.2, 0) is 16.0 Å². The van der Waals surface area contributed by atoms with Gasteiger partial charge in [0.2, 0.25) is 0 Å². The fourth-order valence-corrected chi connectivity index (χ4v) is 1.89. The van der Waals surface area contributed by atoms with Gasteiger partial charge in [-0.1, -0.05) is 32.0 Å². The minimum absolute atomic E-state index is 0.187. The van der Waals surface area contributed by atoms with E-state index in [1.807, 2.05) is 39.0 Å². The van der Waals surface area contributed by atoms with Gasteiger partial charge in [-0.2, -0.15) is 0 Å². The number of hydrogen-bond acceptors (Lipinski definition) is 2. The van der Waals surface area contributed by atoms with Crippen LogP contribution < -0.4 is 0 Å². The molecular formula is C15H20O2. The SMILES string of the molecule is CC.CCOC(=O)C1=Cc2cccc(C)c2C1. The van der Waals surface area contributed by atoms with Crippen molar-refractivity contribution in [3.05, 3.63) is 40.5 Å². The lowest BCUT2D eigenvalue weighted by Crippen LogP contribution is -2.07. The zero-order valence-electron chi connectivity index (χ0n) is 11.0. The Hall–Kier alpha value is -1.57. The van der Waals surface area contributed by atoms with E-state index < -0.39 is 0 Å². The monoisotopic (exact) mass is 232 g/mol. The Morgan fingerprint density at radius 1 is 1.35 bits per heavy atom. The van der Waals surface area contributed by atoms with Crippen LogP contribution in [-0.4, -0.2) is 12.6 Å². The van der Waals surface area contributed by atoms with E-state index in [0.717, 1.165) is 11.1 Å². The number of fused-ring (bicyclic) bond motifs is 1. The molecule has 1 aliphatic carbocycles. The molecule has 17 heavy (non-hydrogen) atoms. The lowest BCUT2D eigenvalue weighted by molar-refractivity contribution is -0.138. The molecule has 0 spiro atoms. The van der Waals surface area contributed by atoms with Crippen molar-refractivity contribution in [2.45, 2.75) is 34.1 Å². The second-order valence-electron chi connectivity index (χ2n) is 3.71. The number of hydrogen-bond donors (Lipinski definition) is 0. The molecule has 0 N–H and O–H groups in total. The van der Waals surface area contributed by atoms with E-state index in [9.17, 15) is 4.79 Å². The zero-order valence-corrected chi connectivity index (χ0v) is 11.0. The van der Waals surface area contributed by atoms with Crippen LogP contribution in [0.2, 0.25) is 0 Å². The quantitative estimate of drug-likeness (QED) is 0.729. The highest BCUT2D eigenvalue weighted by molar-refractivity contribution is 5.96. The van der Waals surface area contributed by atoms with E-state index in [-0.39, 0.29) is 5.97 Å². The molecule has 1 aliphatic rings. The summed E-state index contributed by atoms with van der Waals surface area (Å²) in [5.74, 6) is -0.187. The van der Waals surface area contributed by atoms with Gasteiger partial charge in [0.25, 0.3) is 0 Å². The number of esters is 1. The summed E-state index contributed by atoms with van der Waals surface area (Å²) in [4.78, 5) is 11.5. The molecule has 2 rings (SSSR count). The van der Waals surface area contributed by atoms with Crippen LogP contribution in [0.15, 0.2) is 23.8 Å². The predicted octanol–water partition coefficient (Wildman–Crippen LogP) is 3.52. The Kier molecular flexibility index (Phi) is 4.95. The molecule has 0 aromatic heterocycles. The molecule has 2 nitrogen and oxygen atoms in total. The van der Waals surface area contributed by atoms with Gasteiger partial charge in [0.05, 0.1) is 6.61 Å². The molecule has 0 heterocycles. The van der Waals surface area contributed by atoms with Crippen molar-refractivity contribution >= 4 is 12.0 Å². The van der Waals surface area contributed by atoms with E-state index in [1.54, 1.807) is 0 Å². The number of carbonyl (C=O) groups excluding carboxylic acids is 1. The van der Waals surface area contributed by atoms with Crippen LogP contribution in [0.25, 0.3) is 6.08 Å². The smallest absolute Gasteiger partial charge is 0.334 e. The molecule has 1 aromatic rings. The molecule has 0 unspecified atom stereocenters. The fourth-order valence-electron chi connectivity index (χ4n) is 1.89. The number of carbonyl (C=O) groups is 1. The van der Waals surface area contributed by atoms with Crippen molar-refractivity contribution in [1.82, 2.24) is 0 Å². The second-order valence-corrected chi connectivity index (χ2v) is 3.71. The Balaban J connectivity index is 0.000000686. The van der Waals surface area contributed by atoms with Crippen molar-refractivity contribution in [3.63, 3.8) is 0 Å². The Bertz CT molecular complexity index is 431. The van der Waals surface area contributed by atoms with Gasteiger partial charge in [0.1, 0.15) is 0 Å². The van der Waals surface area contributed by atoms with Gasteiger partial charge < -0.3 is 4.74 Å². The summed E-state index contributed by atoms with van der Waals surface area (Å²) in [6, 6.07) is 6.12. The average Bonchev–Trinajstić information content (AvgIpc) is 2.77. The van der Waals surface area contributed by atoms with Crippen molar-refractivity contribution in [2.24, 2.45) is 0 Å². The normalized spacial score (nSPS) is 12.1. The summed E-state index contributed by atoms with van der Waals surface area (Å²) >= 11 is 0. The predicted molar refractivity (Wildman–Crippen MR) is 70.8 cm³/mol. The zero-order chi connectivity index (χ0) is 12.8. The molecule has 0 saturated heterocycles. The third-order valence-corrected chi connectivity index (χ3v) is 2.68. The van der Waals surface area contributed by atoms with Crippen molar-refractivity contribution in [3.8, 4) is 0 Å². The standard InChI is InChI=1S/C13H14O2.C2H6/c1-3-15-13(14)11-7-10-6-4-5-9(2)12(10)8-11;1-2/h4-7H,3,8H2,1-2H3;1-2H3. The second kappa shape index (κ2) is 6.24. The maximum absolute atomic E-state index is 11.5. The largest absolute Gasteiger partial charge is 0.463 e. The topological polar surface area (TPSA) is 26.3 Å². The van der Waals surface area contributed by atoms with Crippen molar-refractivity contribution in [2.75, 3.05) is 6.61 Å². The van der Waals surface area contributed by atoms with Crippen LogP contribution >= 0.6 is 0 Å². The van der Waals surface area contributed by atoms with Gasteiger partial charge >= 0.3 is 5.97 Å². The Labute approximate surface area is 103 Å². The average molecular weight is 232 g/mol. The lowest BCUT2D eigenvalue weighted by Gasteiger charge is -2.03. The van der Waals surface area contributed by atoms with E-state index in [4.69, 9.17) is 4.74 Å². The third-order valence-electron chi connectivity index (χ3n) is 2.68. The highest BCUT2D eigenvalue weighted by Crippen LogP contribution is 2.27. The van der Waals surface area contributed by atoms with Crippen LogP contribution in [0.1, 0.15) is 37.5 Å². The first-order valence-electron chi connectivity index (χ1n) is 6.18. The van der Waals surface area contributed by atoms with Gasteiger partial charge in [-0.15, -0.1) is 0 Å². The Morgan fingerprint density at radius 2 is 2.06 bits per heavy atom. The van der Waals surface area contributed by atoms with E-state index >= 15 is 0 Å². The molecular weight excluding hydrogens is 212 g/mol. The third kappa shape index (κ3) is 2.96. The molecule has 0 fully saturated rings. The van der Waals surface area contributed by atoms with E-state index in [0.29, 0.717) is 13.0 Å². The van der Waals surface area contributed by atoms with Gasteiger partial charge in [-0.3, -0.25) is 0 Å². The summed E-state index contributed by atoms with van der Waals surface area (Å²) in [6.45, 7) is 8.33. The molecule has 0 amide bonds. The summed E-state index contributed by atoms with van der Waals surface area (Å²) in [6.07, 6.45) is 2.64. The van der Waals surface area contributed by atoms with Crippen LogP contribution in [0.4, 0.5) is 0 Å². The van der Waals surface area contributed by atoms with Crippen molar-refractivity contribution in [1.29, 1.82) is 0 Å². The van der Waals surface area contributed by atoms with E-state index in [2.05, 4.69) is 13.0 Å². The molecule has 0 atom stereocenters. The molecule has 0 radical (unpaired) electrons. The molecule has 0 saturated carbocycles. The molecule has 2 heteroatoms. The summed E-state index contributed by atoms with van der Waals surface area (Å²) in [5.41, 5.74) is 4.41. The van der Waals surface area contributed by atoms with Crippen LogP contribution in [0, 0.1) is 6.92 Å². The van der Waals surface area contributed by atoms with Gasteiger partial charge in [0, 0.05) is 12.0 Å². The first-order chi connectivity index (χ1) is 8.22. The molecule has 1 aromatic carbocycles. The maximum Gasteiger partial charge on any atom is 0.334 e. The minimum atomic E-state index is -0.187. The summed E-state index contributed by atoms with van der Waals surface area (Å²) in [5, 5.41) is 0. The fraction of sp³-hybridized carbons (Fsp3) is 0.400. The number of rotatable bonds is 2. The molecule has 92 valence electrons. The highest BCUT2D eigenvalue weighted by Gasteiger charge is 2.20. The molecule has 0 bridgehead atoms. The van der Waals surface area contributed by atoms with Gasteiger partial charge in [-0.25, -0.2) is 4.79 Å². The number of ether oxygens (including phenoxy) is 1. The van der Waals surface area contributed by atoms with Crippen LogP contribution in [0.5, 0.6) is 0 Å². The summed E-state index contributed by atoms with van der Waals surface area (Å²) < 4.78 is 4.99. The first kappa shape index (κ1) is 13.5. The lowest BCUT2D eigenvalue weighted by atomic mass is 10.0. The maximum atomic E-state index is 11.5. The van der Waals surface area contributed by atoms with E-state index in [1.165, 1.54) is 11.1 Å². The first-order valence-corrected chi connectivity index (χ1v) is 6.18. The number of benzene rings is 1. The van der Waals surface area contributed by atoms with Crippen LogP contribution in [0.3, 0.4) is 0 Å². The Morgan fingerprint density at radius 3 is 2.65 bits per heavy atom. The number of aryl methyl sites for hydroxylation is 1. The van der Waals surface area contributed by atoms with Crippen molar-refractivity contribution < 1.29 is 9.53 Å². The highest BCUT2D eigenvalue weighted by atomic mass is 16.5. The molecule has 0 aliphatic heterocycles. The van der Waals surface area contributed by atoms with Gasteiger partial charge in [0.15, 0.2) is 0 Å². The van der Waals surface area contributed by atoms with Gasteiger partial charge in [-0.05, 0) is 36.6 Å².